The first-order chi connectivity index (χ1) is 14.1. The summed E-state index contributed by atoms with van der Waals surface area (Å²) in [5.74, 6) is 1.79. The van der Waals surface area contributed by atoms with Crippen molar-refractivity contribution in [2.45, 2.75) is 65.3 Å². The summed E-state index contributed by atoms with van der Waals surface area (Å²) in [6.45, 7) is 15.0. The first-order valence-electron chi connectivity index (χ1n) is 11.6. The van der Waals surface area contributed by atoms with E-state index in [1.54, 1.807) is 0 Å². The summed E-state index contributed by atoms with van der Waals surface area (Å²) >= 11 is 5.91. The molecule has 0 saturated carbocycles. The van der Waals surface area contributed by atoms with Crippen molar-refractivity contribution in [3.8, 4) is 0 Å². The van der Waals surface area contributed by atoms with E-state index in [1.165, 1.54) is 25.8 Å². The van der Waals surface area contributed by atoms with Gasteiger partial charge in [-0.3, -0.25) is 9.47 Å². The largest absolute Gasteiger partial charge is 0.376 e. The lowest BCUT2D eigenvalue weighted by Crippen LogP contribution is -2.47. The molecule has 3 aliphatic heterocycles. The molecular formula is C21H38N6OS. The standard InChI is InChI=1S/C21H38N6OS/c1-18(2)15-23-10-12-24(13-11-23)17-27-21(29)26(16-19-7-6-14-28-19)20(22-27)25-8-4-3-5-9-25/h18-19H,3-17H2,1-2H3. The molecule has 0 aliphatic carbocycles. The van der Waals surface area contributed by atoms with Gasteiger partial charge >= 0.3 is 0 Å². The number of piperazine rings is 1. The number of hydrogen-bond acceptors (Lipinski definition) is 6. The molecule has 3 aliphatic rings. The second-order valence-corrected chi connectivity index (χ2v) is 9.69. The Morgan fingerprint density at radius 1 is 1.00 bits per heavy atom. The predicted octanol–water partition coefficient (Wildman–Crippen LogP) is 2.81. The Morgan fingerprint density at radius 2 is 1.72 bits per heavy atom. The zero-order chi connectivity index (χ0) is 20.2. The number of rotatable bonds is 7. The summed E-state index contributed by atoms with van der Waals surface area (Å²) in [7, 11) is 0. The van der Waals surface area contributed by atoms with E-state index in [2.05, 4.69) is 37.8 Å². The third kappa shape index (κ3) is 5.40. The van der Waals surface area contributed by atoms with Crippen LogP contribution in [0.5, 0.6) is 0 Å². The summed E-state index contributed by atoms with van der Waals surface area (Å²) in [6.07, 6.45) is 6.39. The minimum atomic E-state index is 0.280. The fourth-order valence-electron chi connectivity index (χ4n) is 4.82. The second kappa shape index (κ2) is 9.90. The fraction of sp³-hybridized carbons (Fsp3) is 0.905. The van der Waals surface area contributed by atoms with E-state index in [4.69, 9.17) is 22.1 Å². The van der Waals surface area contributed by atoms with Gasteiger partial charge in [0.2, 0.25) is 10.7 Å². The number of hydrogen-bond donors (Lipinski definition) is 0. The summed E-state index contributed by atoms with van der Waals surface area (Å²) in [4.78, 5) is 7.51. The molecule has 3 saturated heterocycles. The molecule has 4 heterocycles. The van der Waals surface area contributed by atoms with Crippen LogP contribution in [0.4, 0.5) is 5.95 Å². The van der Waals surface area contributed by atoms with E-state index < -0.39 is 0 Å². The van der Waals surface area contributed by atoms with Gasteiger partial charge in [0, 0.05) is 52.4 Å². The van der Waals surface area contributed by atoms with Crippen LogP contribution in [0.15, 0.2) is 0 Å². The maximum absolute atomic E-state index is 5.92. The lowest BCUT2D eigenvalue weighted by molar-refractivity contribution is 0.0921. The normalized spacial score (nSPS) is 24.7. The average Bonchev–Trinajstić information content (AvgIpc) is 3.34. The molecule has 4 rings (SSSR count). The van der Waals surface area contributed by atoms with Gasteiger partial charge in [0.1, 0.15) is 0 Å². The molecule has 0 spiro atoms. The molecule has 0 bridgehead atoms. The third-order valence-electron chi connectivity index (χ3n) is 6.37. The molecule has 29 heavy (non-hydrogen) atoms. The molecular weight excluding hydrogens is 384 g/mol. The molecule has 0 aromatic carbocycles. The van der Waals surface area contributed by atoms with E-state index in [9.17, 15) is 0 Å². The average molecular weight is 423 g/mol. The van der Waals surface area contributed by atoms with Crippen molar-refractivity contribution in [3.05, 3.63) is 4.77 Å². The van der Waals surface area contributed by atoms with Gasteiger partial charge < -0.3 is 14.5 Å². The van der Waals surface area contributed by atoms with Crippen LogP contribution in [0, 0.1) is 10.7 Å². The van der Waals surface area contributed by atoms with Crippen LogP contribution < -0.4 is 4.90 Å². The Balaban J connectivity index is 1.46. The molecule has 0 N–H and O–H groups in total. The fourth-order valence-corrected chi connectivity index (χ4v) is 5.08. The van der Waals surface area contributed by atoms with E-state index in [0.29, 0.717) is 0 Å². The van der Waals surface area contributed by atoms with Crippen molar-refractivity contribution in [2.75, 3.05) is 57.3 Å². The molecule has 3 fully saturated rings. The molecule has 7 nitrogen and oxygen atoms in total. The van der Waals surface area contributed by atoms with Gasteiger partial charge in [-0.1, -0.05) is 13.8 Å². The van der Waals surface area contributed by atoms with E-state index in [1.807, 2.05) is 0 Å². The number of piperidine rings is 1. The molecule has 8 heteroatoms. The zero-order valence-electron chi connectivity index (χ0n) is 18.3. The molecule has 1 atom stereocenters. The molecule has 1 aromatic rings. The van der Waals surface area contributed by atoms with Crippen LogP contribution in [0.1, 0.15) is 46.0 Å². The Labute approximate surface area is 180 Å². The molecule has 0 radical (unpaired) electrons. The summed E-state index contributed by atoms with van der Waals surface area (Å²) in [5.41, 5.74) is 0. The van der Waals surface area contributed by atoms with Crippen molar-refractivity contribution in [2.24, 2.45) is 5.92 Å². The smallest absolute Gasteiger partial charge is 0.226 e. The molecule has 164 valence electrons. The van der Waals surface area contributed by atoms with Crippen LogP contribution in [-0.2, 0) is 18.0 Å². The zero-order valence-corrected chi connectivity index (χ0v) is 19.1. The van der Waals surface area contributed by atoms with Gasteiger partial charge in [-0.2, -0.15) is 0 Å². The van der Waals surface area contributed by atoms with Crippen molar-refractivity contribution in [1.82, 2.24) is 24.1 Å². The molecule has 1 unspecified atom stereocenters. The van der Waals surface area contributed by atoms with Crippen molar-refractivity contribution in [3.63, 3.8) is 0 Å². The van der Waals surface area contributed by atoms with Gasteiger partial charge in [0.25, 0.3) is 0 Å². The number of aromatic nitrogens is 3. The highest BCUT2D eigenvalue weighted by Gasteiger charge is 2.25. The second-order valence-electron chi connectivity index (χ2n) is 9.33. The maximum Gasteiger partial charge on any atom is 0.226 e. The van der Waals surface area contributed by atoms with Gasteiger partial charge in [0.15, 0.2) is 0 Å². The van der Waals surface area contributed by atoms with Crippen molar-refractivity contribution >= 4 is 18.2 Å². The van der Waals surface area contributed by atoms with Gasteiger partial charge in [-0.15, -0.1) is 5.10 Å². The van der Waals surface area contributed by atoms with Gasteiger partial charge in [-0.05, 0) is 50.2 Å². The highest BCUT2D eigenvalue weighted by atomic mass is 32.1. The van der Waals surface area contributed by atoms with Crippen LogP contribution in [-0.4, -0.2) is 82.7 Å². The van der Waals surface area contributed by atoms with E-state index in [0.717, 1.165) is 88.6 Å². The van der Waals surface area contributed by atoms with E-state index >= 15 is 0 Å². The first-order valence-corrected chi connectivity index (χ1v) is 12.0. The van der Waals surface area contributed by atoms with Crippen LogP contribution in [0.2, 0.25) is 0 Å². The topological polar surface area (TPSA) is 41.7 Å². The number of anilines is 1. The summed E-state index contributed by atoms with van der Waals surface area (Å²) in [6, 6.07) is 0. The lowest BCUT2D eigenvalue weighted by Gasteiger charge is -2.35. The minimum Gasteiger partial charge on any atom is -0.376 e. The Bertz CT molecular complexity index is 697. The number of ether oxygens (including phenoxy) is 1. The predicted molar refractivity (Wildman–Crippen MR) is 119 cm³/mol. The minimum absolute atomic E-state index is 0.280. The Morgan fingerprint density at radius 3 is 2.38 bits per heavy atom. The van der Waals surface area contributed by atoms with Crippen LogP contribution in [0.3, 0.4) is 0 Å². The van der Waals surface area contributed by atoms with Crippen LogP contribution >= 0.6 is 12.2 Å². The molecule has 1 aromatic heterocycles. The Hall–Kier alpha value is -0.960. The van der Waals surface area contributed by atoms with Gasteiger partial charge in [0.05, 0.1) is 19.3 Å². The van der Waals surface area contributed by atoms with E-state index in [-0.39, 0.29) is 6.10 Å². The summed E-state index contributed by atoms with van der Waals surface area (Å²) in [5, 5.41) is 5.03. The van der Waals surface area contributed by atoms with Crippen LogP contribution in [0.25, 0.3) is 0 Å². The third-order valence-corrected chi connectivity index (χ3v) is 6.81. The number of nitrogens with zero attached hydrogens (tertiary/aromatic N) is 6. The Kier molecular flexibility index (Phi) is 7.26. The van der Waals surface area contributed by atoms with Crippen molar-refractivity contribution < 1.29 is 4.74 Å². The highest BCUT2D eigenvalue weighted by molar-refractivity contribution is 7.71. The monoisotopic (exact) mass is 422 g/mol. The van der Waals surface area contributed by atoms with Crippen molar-refractivity contribution in [1.29, 1.82) is 0 Å². The SMILES string of the molecule is CC(C)CN1CCN(Cn2nc(N3CCCCC3)n(CC3CCCO3)c2=S)CC1. The first kappa shape index (κ1) is 21.3. The quantitative estimate of drug-likeness (QED) is 0.630. The van der Waals surface area contributed by atoms with Gasteiger partial charge in [-0.25, -0.2) is 4.68 Å². The highest BCUT2D eigenvalue weighted by Crippen LogP contribution is 2.22. The summed E-state index contributed by atoms with van der Waals surface area (Å²) < 4.78 is 11.1. The lowest BCUT2D eigenvalue weighted by atomic mass is 10.1. The molecule has 0 amide bonds. The maximum atomic E-state index is 5.92.